The van der Waals surface area contributed by atoms with Gasteiger partial charge in [-0.15, -0.1) is 10.2 Å². The zero-order valence-electron chi connectivity index (χ0n) is 11.0. The van der Waals surface area contributed by atoms with E-state index in [0.29, 0.717) is 10.8 Å². The lowest BCUT2D eigenvalue weighted by atomic mass is 9.85. The summed E-state index contributed by atoms with van der Waals surface area (Å²) in [4.78, 5) is 3.96. The fourth-order valence-corrected chi connectivity index (χ4v) is 2.01. The zero-order chi connectivity index (χ0) is 13.3. The molecule has 0 atom stereocenters. The van der Waals surface area contributed by atoms with Crippen LogP contribution in [0.25, 0.3) is 11.3 Å². The van der Waals surface area contributed by atoms with Crippen LogP contribution in [0.4, 0.5) is 0 Å². The Morgan fingerprint density at radius 3 is 2.44 bits per heavy atom. The molecule has 0 bridgehead atoms. The summed E-state index contributed by atoms with van der Waals surface area (Å²) < 4.78 is 0. The average molecular weight is 262 g/mol. The molecule has 1 aromatic carbocycles. The van der Waals surface area contributed by atoms with Crippen LogP contribution in [-0.4, -0.2) is 15.2 Å². The molecule has 0 saturated heterocycles. The van der Waals surface area contributed by atoms with Crippen molar-refractivity contribution in [2.24, 2.45) is 0 Å². The lowest BCUT2D eigenvalue weighted by Gasteiger charge is -2.20. The van der Waals surface area contributed by atoms with Crippen LogP contribution in [0.1, 0.15) is 31.9 Å². The summed E-state index contributed by atoms with van der Waals surface area (Å²) in [6.07, 6.45) is 1.35. The second-order valence-corrected chi connectivity index (χ2v) is 5.74. The fourth-order valence-electron chi connectivity index (χ4n) is 1.82. The number of benzene rings is 1. The summed E-state index contributed by atoms with van der Waals surface area (Å²) in [6, 6.07) is 6.31. The van der Waals surface area contributed by atoms with Gasteiger partial charge in [-0.3, -0.25) is 0 Å². The smallest absolute Gasteiger partial charge is 0.159 e. The molecule has 18 heavy (non-hydrogen) atoms. The maximum atomic E-state index is 6.05. The van der Waals surface area contributed by atoms with Gasteiger partial charge >= 0.3 is 0 Å². The molecule has 1 heterocycles. The highest BCUT2D eigenvalue weighted by Crippen LogP contribution is 2.30. The summed E-state index contributed by atoms with van der Waals surface area (Å²) >= 11 is 6.05. The predicted molar refractivity (Wildman–Crippen MR) is 73.7 cm³/mol. The predicted octanol–water partition coefficient (Wildman–Crippen LogP) is 3.80. The molecule has 0 radical (unpaired) electrons. The number of nitrogens with zero attached hydrogens (tertiary/aromatic N) is 3. The van der Waals surface area contributed by atoms with Crippen LogP contribution in [0.5, 0.6) is 0 Å². The van der Waals surface area contributed by atoms with Crippen molar-refractivity contribution >= 4 is 11.6 Å². The van der Waals surface area contributed by atoms with Gasteiger partial charge in [-0.2, -0.15) is 0 Å². The zero-order valence-corrected chi connectivity index (χ0v) is 11.8. The van der Waals surface area contributed by atoms with Gasteiger partial charge in [0.05, 0.1) is 0 Å². The number of hydrogen-bond acceptors (Lipinski definition) is 3. The third-order valence-electron chi connectivity index (χ3n) is 2.92. The summed E-state index contributed by atoms with van der Waals surface area (Å²) in [6.45, 7) is 8.63. The molecular formula is C14H16ClN3. The highest BCUT2D eigenvalue weighted by Gasteiger charge is 2.16. The number of rotatable bonds is 1. The number of halogens is 1. The maximum absolute atomic E-state index is 6.05. The number of aromatic nitrogens is 3. The maximum Gasteiger partial charge on any atom is 0.159 e. The molecule has 0 unspecified atom stereocenters. The van der Waals surface area contributed by atoms with Crippen LogP contribution in [0, 0.1) is 6.92 Å². The largest absolute Gasteiger partial charge is 0.220 e. The lowest BCUT2D eigenvalue weighted by Crippen LogP contribution is -2.11. The Labute approximate surface area is 112 Å². The standard InChI is InChI=1S/C14H16ClN3/c1-9-7-10(14(2,3)4)5-6-11(9)12-13(15)16-8-17-18-12/h5-8H,1-4H3. The van der Waals surface area contributed by atoms with E-state index in [1.165, 1.54) is 11.9 Å². The van der Waals surface area contributed by atoms with Crippen molar-refractivity contribution in [1.82, 2.24) is 15.2 Å². The summed E-state index contributed by atoms with van der Waals surface area (Å²) in [5, 5.41) is 8.23. The molecule has 1 aromatic heterocycles. The second-order valence-electron chi connectivity index (χ2n) is 5.38. The van der Waals surface area contributed by atoms with Crippen molar-refractivity contribution in [3.05, 3.63) is 40.8 Å². The van der Waals surface area contributed by atoms with E-state index < -0.39 is 0 Å². The first-order chi connectivity index (χ1) is 8.39. The van der Waals surface area contributed by atoms with Crippen LogP contribution < -0.4 is 0 Å². The van der Waals surface area contributed by atoms with Crippen molar-refractivity contribution in [3.63, 3.8) is 0 Å². The molecule has 94 valence electrons. The van der Waals surface area contributed by atoms with E-state index in [1.807, 2.05) is 6.07 Å². The van der Waals surface area contributed by atoms with Gasteiger partial charge in [-0.05, 0) is 23.5 Å². The number of aryl methyl sites for hydroxylation is 1. The van der Waals surface area contributed by atoms with Crippen molar-refractivity contribution < 1.29 is 0 Å². The van der Waals surface area contributed by atoms with Gasteiger partial charge in [0, 0.05) is 5.56 Å². The Morgan fingerprint density at radius 1 is 1.17 bits per heavy atom. The molecule has 2 rings (SSSR count). The highest BCUT2D eigenvalue weighted by molar-refractivity contribution is 6.31. The normalized spacial score (nSPS) is 11.6. The Hall–Kier alpha value is -1.48. The van der Waals surface area contributed by atoms with E-state index in [2.05, 4.69) is 55.0 Å². The number of hydrogen-bond donors (Lipinski definition) is 0. The minimum atomic E-state index is 0.133. The van der Waals surface area contributed by atoms with Gasteiger partial charge in [0.25, 0.3) is 0 Å². The summed E-state index contributed by atoms with van der Waals surface area (Å²) in [7, 11) is 0. The van der Waals surface area contributed by atoms with Crippen molar-refractivity contribution in [3.8, 4) is 11.3 Å². The van der Waals surface area contributed by atoms with Crippen molar-refractivity contribution in [2.45, 2.75) is 33.1 Å². The van der Waals surface area contributed by atoms with Gasteiger partial charge in [-0.1, -0.05) is 50.6 Å². The third-order valence-corrected chi connectivity index (χ3v) is 3.20. The molecule has 0 aliphatic carbocycles. The average Bonchev–Trinajstić information content (AvgIpc) is 2.29. The summed E-state index contributed by atoms with van der Waals surface area (Å²) in [5.74, 6) is 0. The first-order valence-electron chi connectivity index (χ1n) is 5.84. The Morgan fingerprint density at radius 2 is 1.89 bits per heavy atom. The van der Waals surface area contributed by atoms with Gasteiger partial charge < -0.3 is 0 Å². The molecule has 2 aromatic rings. The first kappa shape index (κ1) is 13.0. The van der Waals surface area contributed by atoms with E-state index in [4.69, 9.17) is 11.6 Å². The van der Waals surface area contributed by atoms with E-state index in [9.17, 15) is 0 Å². The third kappa shape index (κ3) is 2.51. The molecule has 0 N–H and O–H groups in total. The van der Waals surface area contributed by atoms with Crippen LogP contribution in [-0.2, 0) is 5.41 Å². The monoisotopic (exact) mass is 261 g/mol. The minimum absolute atomic E-state index is 0.133. The second kappa shape index (κ2) is 4.65. The molecule has 0 fully saturated rings. The van der Waals surface area contributed by atoms with Gasteiger partial charge in [0.15, 0.2) is 5.15 Å². The van der Waals surface area contributed by atoms with Gasteiger partial charge in [-0.25, -0.2) is 4.98 Å². The van der Waals surface area contributed by atoms with E-state index in [1.54, 1.807) is 0 Å². The van der Waals surface area contributed by atoms with E-state index in [0.717, 1.165) is 11.1 Å². The molecule has 4 heteroatoms. The van der Waals surface area contributed by atoms with Gasteiger partial charge in [0.1, 0.15) is 12.0 Å². The minimum Gasteiger partial charge on any atom is -0.220 e. The SMILES string of the molecule is Cc1cc(C(C)(C)C)ccc1-c1nncnc1Cl. The van der Waals surface area contributed by atoms with E-state index >= 15 is 0 Å². The quantitative estimate of drug-likeness (QED) is 0.784. The van der Waals surface area contributed by atoms with Crippen LogP contribution >= 0.6 is 11.6 Å². The Kier molecular flexibility index (Phi) is 3.35. The Balaban J connectivity index is 2.52. The highest BCUT2D eigenvalue weighted by atomic mass is 35.5. The first-order valence-corrected chi connectivity index (χ1v) is 6.22. The Bertz CT molecular complexity index is 573. The van der Waals surface area contributed by atoms with Crippen LogP contribution in [0.3, 0.4) is 0 Å². The molecule has 0 saturated carbocycles. The van der Waals surface area contributed by atoms with E-state index in [-0.39, 0.29) is 5.41 Å². The molecule has 0 spiro atoms. The van der Waals surface area contributed by atoms with Crippen molar-refractivity contribution in [1.29, 1.82) is 0 Å². The fraction of sp³-hybridized carbons (Fsp3) is 0.357. The molecule has 0 aliphatic heterocycles. The molecule has 0 aliphatic rings. The molecular weight excluding hydrogens is 246 g/mol. The molecule has 3 nitrogen and oxygen atoms in total. The lowest BCUT2D eigenvalue weighted by molar-refractivity contribution is 0.590. The van der Waals surface area contributed by atoms with Crippen molar-refractivity contribution in [2.75, 3.05) is 0 Å². The topological polar surface area (TPSA) is 38.7 Å². The van der Waals surface area contributed by atoms with Gasteiger partial charge in [0.2, 0.25) is 0 Å². The molecule has 0 amide bonds. The van der Waals surface area contributed by atoms with Crippen LogP contribution in [0.2, 0.25) is 5.15 Å². The van der Waals surface area contributed by atoms with Crippen LogP contribution in [0.15, 0.2) is 24.5 Å². The summed E-state index contributed by atoms with van der Waals surface area (Å²) in [5.41, 5.74) is 4.17.